The maximum atomic E-state index is 11.8. The summed E-state index contributed by atoms with van der Waals surface area (Å²) >= 11 is 11.8. The van der Waals surface area contributed by atoms with E-state index < -0.39 is 12.0 Å². The lowest BCUT2D eigenvalue weighted by Gasteiger charge is -2.09. The highest BCUT2D eigenvalue weighted by atomic mass is 35.5. The summed E-state index contributed by atoms with van der Waals surface area (Å²) in [6.45, 7) is 1.44. The van der Waals surface area contributed by atoms with E-state index in [1.54, 1.807) is 12.1 Å². The Labute approximate surface area is 120 Å². The minimum atomic E-state index is -1.04. The molecule has 1 aromatic carbocycles. The topological polar surface area (TPSA) is 66.4 Å². The fraction of sp³-hybridized carbons (Fsp3) is 0.385. The molecule has 0 aliphatic heterocycles. The fourth-order valence-corrected chi connectivity index (χ4v) is 2.28. The van der Waals surface area contributed by atoms with Gasteiger partial charge in [-0.05, 0) is 37.0 Å². The first-order valence-corrected chi connectivity index (χ1v) is 6.64. The second-order valence-corrected chi connectivity index (χ2v) is 5.51. The van der Waals surface area contributed by atoms with E-state index in [1.807, 2.05) is 6.07 Å². The van der Waals surface area contributed by atoms with Crippen LogP contribution in [0.5, 0.6) is 0 Å². The molecule has 1 aliphatic rings. The van der Waals surface area contributed by atoms with E-state index in [9.17, 15) is 9.59 Å². The van der Waals surface area contributed by atoms with Crippen LogP contribution in [0.15, 0.2) is 18.2 Å². The van der Waals surface area contributed by atoms with Crippen molar-refractivity contribution in [1.82, 2.24) is 5.32 Å². The Morgan fingerprint density at radius 3 is 2.63 bits per heavy atom. The van der Waals surface area contributed by atoms with Crippen molar-refractivity contribution in [3.8, 4) is 0 Å². The van der Waals surface area contributed by atoms with Gasteiger partial charge in [0, 0.05) is 5.92 Å². The molecule has 3 atom stereocenters. The Balaban J connectivity index is 1.98. The normalized spacial score (nSPS) is 22.7. The van der Waals surface area contributed by atoms with Crippen molar-refractivity contribution in [3.63, 3.8) is 0 Å². The van der Waals surface area contributed by atoms with Crippen LogP contribution in [0.1, 0.15) is 24.8 Å². The number of rotatable bonds is 4. The Morgan fingerprint density at radius 2 is 2.05 bits per heavy atom. The van der Waals surface area contributed by atoms with E-state index in [1.165, 1.54) is 6.92 Å². The summed E-state index contributed by atoms with van der Waals surface area (Å²) in [4.78, 5) is 22.5. The number of carbonyl (C=O) groups is 2. The predicted octanol–water partition coefficient (Wildman–Crippen LogP) is 2.69. The molecule has 0 spiro atoms. The predicted molar refractivity (Wildman–Crippen MR) is 72.6 cm³/mol. The van der Waals surface area contributed by atoms with Gasteiger partial charge in [-0.25, -0.2) is 0 Å². The highest BCUT2D eigenvalue weighted by molar-refractivity contribution is 6.42. The molecule has 4 nitrogen and oxygen atoms in total. The number of hydrogen-bond donors (Lipinski definition) is 2. The molecule has 1 aromatic rings. The van der Waals surface area contributed by atoms with Gasteiger partial charge in [-0.2, -0.15) is 0 Å². The van der Waals surface area contributed by atoms with Gasteiger partial charge in [-0.3, -0.25) is 9.59 Å². The minimum absolute atomic E-state index is 0.0933. The lowest BCUT2D eigenvalue weighted by Crippen LogP contribution is -2.39. The molecule has 1 amide bonds. The third-order valence-electron chi connectivity index (χ3n) is 3.23. The zero-order valence-electron chi connectivity index (χ0n) is 10.2. The number of carbonyl (C=O) groups excluding carboxylic acids is 1. The summed E-state index contributed by atoms with van der Waals surface area (Å²) in [7, 11) is 0. The molecule has 1 aliphatic carbocycles. The summed E-state index contributed by atoms with van der Waals surface area (Å²) in [5.74, 6) is -1.36. The van der Waals surface area contributed by atoms with Crippen LogP contribution >= 0.6 is 23.2 Å². The van der Waals surface area contributed by atoms with Gasteiger partial charge in [0.25, 0.3) is 0 Å². The molecule has 0 heterocycles. The number of benzene rings is 1. The number of carboxylic acids is 1. The van der Waals surface area contributed by atoms with Gasteiger partial charge in [0.1, 0.15) is 6.04 Å². The summed E-state index contributed by atoms with van der Waals surface area (Å²) in [5, 5.41) is 12.1. The number of carboxylic acid groups (broad SMARTS) is 1. The second-order valence-electron chi connectivity index (χ2n) is 4.69. The zero-order chi connectivity index (χ0) is 14.2. The van der Waals surface area contributed by atoms with Crippen molar-refractivity contribution >= 4 is 35.1 Å². The van der Waals surface area contributed by atoms with Gasteiger partial charge in [0.15, 0.2) is 0 Å². The van der Waals surface area contributed by atoms with Crippen molar-refractivity contribution in [1.29, 1.82) is 0 Å². The van der Waals surface area contributed by atoms with Gasteiger partial charge in [-0.15, -0.1) is 0 Å². The van der Waals surface area contributed by atoms with E-state index in [2.05, 4.69) is 5.32 Å². The van der Waals surface area contributed by atoms with Crippen LogP contribution < -0.4 is 5.32 Å². The van der Waals surface area contributed by atoms with Gasteiger partial charge in [0.05, 0.1) is 10.0 Å². The monoisotopic (exact) mass is 301 g/mol. The number of aliphatic carboxylic acids is 1. The first-order chi connectivity index (χ1) is 8.90. The third kappa shape index (κ3) is 3.19. The second kappa shape index (κ2) is 5.39. The molecule has 0 bridgehead atoms. The number of amides is 1. The standard InChI is InChI=1S/C13H13Cl2NO3/c1-6(13(18)19)16-12(17)9-5-8(9)7-2-3-10(14)11(15)4-7/h2-4,6,8-9H,5H2,1H3,(H,16,17)(H,18,19)/t6-,8?,9?/m0/s1. The van der Waals surface area contributed by atoms with E-state index >= 15 is 0 Å². The highest BCUT2D eigenvalue weighted by Gasteiger charge is 2.44. The number of nitrogens with one attached hydrogen (secondary N) is 1. The van der Waals surface area contributed by atoms with Crippen LogP contribution in [0.2, 0.25) is 10.0 Å². The summed E-state index contributed by atoms with van der Waals surface area (Å²) in [6.07, 6.45) is 0.704. The average molecular weight is 302 g/mol. The fourth-order valence-electron chi connectivity index (χ4n) is 1.98. The molecule has 102 valence electrons. The molecular weight excluding hydrogens is 289 g/mol. The Morgan fingerprint density at radius 1 is 1.37 bits per heavy atom. The van der Waals surface area contributed by atoms with E-state index in [4.69, 9.17) is 28.3 Å². The first kappa shape index (κ1) is 14.2. The van der Waals surface area contributed by atoms with Gasteiger partial charge in [-0.1, -0.05) is 29.3 Å². The molecule has 2 unspecified atom stereocenters. The van der Waals surface area contributed by atoms with Gasteiger partial charge in [0.2, 0.25) is 5.91 Å². The van der Waals surface area contributed by atoms with E-state index in [0.717, 1.165) is 5.56 Å². The van der Waals surface area contributed by atoms with Crippen LogP contribution in [-0.4, -0.2) is 23.0 Å². The molecule has 2 N–H and O–H groups in total. The summed E-state index contributed by atoms with van der Waals surface area (Å²) < 4.78 is 0. The van der Waals surface area contributed by atoms with Crippen LogP contribution in [0, 0.1) is 5.92 Å². The molecule has 0 radical (unpaired) electrons. The number of hydrogen-bond acceptors (Lipinski definition) is 2. The zero-order valence-corrected chi connectivity index (χ0v) is 11.7. The average Bonchev–Trinajstić information content (AvgIpc) is 3.12. The lowest BCUT2D eigenvalue weighted by molar-refractivity contribution is -0.141. The lowest BCUT2D eigenvalue weighted by atomic mass is 10.1. The van der Waals surface area contributed by atoms with Crippen molar-refractivity contribution in [2.45, 2.75) is 25.3 Å². The van der Waals surface area contributed by atoms with E-state index in [0.29, 0.717) is 16.5 Å². The van der Waals surface area contributed by atoms with Crippen LogP contribution in [0.3, 0.4) is 0 Å². The third-order valence-corrected chi connectivity index (χ3v) is 3.97. The Bertz CT molecular complexity index is 533. The van der Waals surface area contributed by atoms with Crippen LogP contribution in [0.25, 0.3) is 0 Å². The number of halogens is 2. The molecule has 1 saturated carbocycles. The van der Waals surface area contributed by atoms with Crippen molar-refractivity contribution in [2.24, 2.45) is 5.92 Å². The molecule has 1 fully saturated rings. The van der Waals surface area contributed by atoms with Gasteiger partial charge < -0.3 is 10.4 Å². The van der Waals surface area contributed by atoms with Crippen molar-refractivity contribution < 1.29 is 14.7 Å². The quantitative estimate of drug-likeness (QED) is 0.898. The summed E-state index contributed by atoms with van der Waals surface area (Å²) in [5.41, 5.74) is 0.956. The molecule has 2 rings (SSSR count). The van der Waals surface area contributed by atoms with Crippen LogP contribution in [-0.2, 0) is 9.59 Å². The summed E-state index contributed by atoms with van der Waals surface area (Å²) in [6, 6.07) is 4.42. The highest BCUT2D eigenvalue weighted by Crippen LogP contribution is 2.48. The van der Waals surface area contributed by atoms with Crippen molar-refractivity contribution in [3.05, 3.63) is 33.8 Å². The van der Waals surface area contributed by atoms with Crippen molar-refractivity contribution in [2.75, 3.05) is 0 Å². The Kier molecular flexibility index (Phi) is 4.02. The Hall–Kier alpha value is -1.26. The molecule has 0 aromatic heterocycles. The smallest absolute Gasteiger partial charge is 0.325 e. The van der Waals surface area contributed by atoms with E-state index in [-0.39, 0.29) is 17.7 Å². The van der Waals surface area contributed by atoms with Crippen LogP contribution in [0.4, 0.5) is 0 Å². The van der Waals surface area contributed by atoms with Gasteiger partial charge >= 0.3 is 5.97 Å². The molecular formula is C13H13Cl2NO3. The molecule has 6 heteroatoms. The minimum Gasteiger partial charge on any atom is -0.480 e. The largest absolute Gasteiger partial charge is 0.480 e. The maximum absolute atomic E-state index is 11.8. The maximum Gasteiger partial charge on any atom is 0.325 e. The SMILES string of the molecule is C[C@H](NC(=O)C1CC1c1ccc(Cl)c(Cl)c1)C(=O)O. The molecule has 0 saturated heterocycles. The molecule has 19 heavy (non-hydrogen) atoms. The first-order valence-electron chi connectivity index (χ1n) is 5.88.